The first-order valence-electron chi connectivity index (χ1n) is 7.87. The van der Waals surface area contributed by atoms with Crippen LogP contribution in [0.15, 0.2) is 41.7 Å². The summed E-state index contributed by atoms with van der Waals surface area (Å²) in [4.78, 5) is 34.3. The van der Waals surface area contributed by atoms with Crippen molar-refractivity contribution in [3.63, 3.8) is 0 Å². The number of alkyl halides is 2. The molecule has 1 aromatic carbocycles. The molecule has 2 aromatic heterocycles. The van der Waals surface area contributed by atoms with E-state index < -0.39 is 12.5 Å². The topological polar surface area (TPSA) is 73.0 Å². The molecule has 0 fully saturated rings. The van der Waals surface area contributed by atoms with Crippen LogP contribution in [-0.4, -0.2) is 37.0 Å². The lowest BCUT2D eigenvalue weighted by molar-refractivity contribution is -0.131. The molecule has 3 aromatic rings. The molecular formula is C17H17F2N5O2. The number of amides is 1. The highest BCUT2D eigenvalue weighted by Gasteiger charge is 2.17. The van der Waals surface area contributed by atoms with Crippen LogP contribution in [0.2, 0.25) is 0 Å². The predicted molar refractivity (Wildman–Crippen MR) is 90.7 cm³/mol. The fraction of sp³-hybridized carbons (Fsp3) is 0.294. The summed E-state index contributed by atoms with van der Waals surface area (Å²) in [6, 6.07) is 5.26. The van der Waals surface area contributed by atoms with Gasteiger partial charge < -0.3 is 4.90 Å². The van der Waals surface area contributed by atoms with Gasteiger partial charge in [0, 0.05) is 19.4 Å². The van der Waals surface area contributed by atoms with Gasteiger partial charge >= 0.3 is 6.55 Å². The molecule has 0 radical (unpaired) electrons. The SMILES string of the molecule is Cc1cccc2c(=O)n(CC(=O)N(C)Cc3nccn3C(F)F)cnc12. The Kier molecular flexibility index (Phi) is 4.79. The number of aromatic nitrogens is 4. The minimum Gasteiger partial charge on any atom is -0.337 e. The Bertz CT molecular complexity index is 1010. The van der Waals surface area contributed by atoms with E-state index in [9.17, 15) is 18.4 Å². The van der Waals surface area contributed by atoms with Crippen LogP contribution in [0, 0.1) is 6.92 Å². The molecule has 26 heavy (non-hydrogen) atoms. The minimum absolute atomic E-state index is 0.0652. The van der Waals surface area contributed by atoms with Gasteiger partial charge in [0.1, 0.15) is 12.4 Å². The van der Waals surface area contributed by atoms with E-state index in [-0.39, 0.29) is 24.5 Å². The molecule has 136 valence electrons. The summed E-state index contributed by atoms with van der Waals surface area (Å²) >= 11 is 0. The number of imidazole rings is 1. The number of rotatable bonds is 5. The van der Waals surface area contributed by atoms with Crippen molar-refractivity contribution < 1.29 is 13.6 Å². The molecule has 3 rings (SSSR count). The maximum atomic E-state index is 12.9. The molecule has 0 spiro atoms. The molecule has 2 heterocycles. The summed E-state index contributed by atoms with van der Waals surface area (Å²) < 4.78 is 27.6. The molecule has 0 unspecified atom stereocenters. The fourth-order valence-corrected chi connectivity index (χ4v) is 2.66. The molecule has 0 saturated heterocycles. The first kappa shape index (κ1) is 17.7. The Morgan fingerprint density at radius 1 is 1.31 bits per heavy atom. The number of nitrogens with zero attached hydrogens (tertiary/aromatic N) is 5. The number of halogens is 2. The quantitative estimate of drug-likeness (QED) is 0.696. The molecule has 7 nitrogen and oxygen atoms in total. The fourth-order valence-electron chi connectivity index (χ4n) is 2.66. The maximum Gasteiger partial charge on any atom is 0.319 e. The first-order valence-corrected chi connectivity index (χ1v) is 7.87. The van der Waals surface area contributed by atoms with Gasteiger partial charge in [0.15, 0.2) is 0 Å². The van der Waals surface area contributed by atoms with Crippen molar-refractivity contribution in [1.29, 1.82) is 0 Å². The highest BCUT2D eigenvalue weighted by molar-refractivity contribution is 5.81. The normalized spacial score (nSPS) is 11.3. The lowest BCUT2D eigenvalue weighted by atomic mass is 10.1. The summed E-state index contributed by atoms with van der Waals surface area (Å²) in [6.45, 7) is -1.21. The smallest absolute Gasteiger partial charge is 0.319 e. The summed E-state index contributed by atoms with van der Waals surface area (Å²) in [5.41, 5.74) is 1.14. The molecule has 9 heteroatoms. The number of hydrogen-bond donors (Lipinski definition) is 0. The van der Waals surface area contributed by atoms with Gasteiger partial charge in [-0.15, -0.1) is 0 Å². The second kappa shape index (κ2) is 7.03. The van der Waals surface area contributed by atoms with Crippen LogP contribution < -0.4 is 5.56 Å². The van der Waals surface area contributed by atoms with Crippen molar-refractivity contribution in [2.45, 2.75) is 26.6 Å². The van der Waals surface area contributed by atoms with Gasteiger partial charge in [-0.25, -0.2) is 9.97 Å². The Balaban J connectivity index is 1.79. The third-order valence-electron chi connectivity index (χ3n) is 4.12. The van der Waals surface area contributed by atoms with Crippen molar-refractivity contribution in [1.82, 2.24) is 24.0 Å². The van der Waals surface area contributed by atoms with Gasteiger partial charge in [-0.05, 0) is 18.6 Å². The largest absolute Gasteiger partial charge is 0.337 e. The Labute approximate surface area is 147 Å². The summed E-state index contributed by atoms with van der Waals surface area (Å²) in [7, 11) is 1.47. The van der Waals surface area contributed by atoms with Crippen LogP contribution in [0.1, 0.15) is 17.9 Å². The number of likely N-dealkylation sites (N-methyl/N-ethyl adjacent to an activating group) is 1. The van der Waals surface area contributed by atoms with E-state index in [0.29, 0.717) is 15.5 Å². The Hall–Kier alpha value is -3.10. The highest BCUT2D eigenvalue weighted by atomic mass is 19.3. The number of carbonyl (C=O) groups is 1. The van der Waals surface area contributed by atoms with Crippen LogP contribution >= 0.6 is 0 Å². The minimum atomic E-state index is -2.73. The van der Waals surface area contributed by atoms with Crippen molar-refractivity contribution in [3.05, 3.63) is 58.7 Å². The Morgan fingerprint density at radius 2 is 2.08 bits per heavy atom. The highest BCUT2D eigenvalue weighted by Crippen LogP contribution is 2.14. The third-order valence-corrected chi connectivity index (χ3v) is 4.12. The van der Waals surface area contributed by atoms with E-state index in [4.69, 9.17) is 0 Å². The van der Waals surface area contributed by atoms with Gasteiger partial charge in [-0.3, -0.25) is 18.7 Å². The van der Waals surface area contributed by atoms with E-state index >= 15 is 0 Å². The zero-order valence-corrected chi connectivity index (χ0v) is 14.3. The van der Waals surface area contributed by atoms with Crippen molar-refractivity contribution >= 4 is 16.8 Å². The molecule has 0 aliphatic rings. The molecule has 0 aliphatic carbocycles. The molecule has 0 N–H and O–H groups in total. The van der Waals surface area contributed by atoms with Crippen LogP contribution in [0.4, 0.5) is 8.78 Å². The standard InChI is InChI=1S/C17H17F2N5O2/c1-11-4-3-5-12-15(11)21-10-23(16(12)26)9-14(25)22(2)8-13-20-6-7-24(13)17(18)19/h3-7,10,17H,8-9H2,1-2H3. The van der Waals surface area contributed by atoms with E-state index in [1.807, 2.05) is 13.0 Å². The molecular weight excluding hydrogens is 344 g/mol. The summed E-state index contributed by atoms with van der Waals surface area (Å²) in [5, 5.41) is 0.427. The van der Waals surface area contributed by atoms with Gasteiger partial charge in [-0.1, -0.05) is 12.1 Å². The van der Waals surface area contributed by atoms with Crippen LogP contribution in [0.5, 0.6) is 0 Å². The van der Waals surface area contributed by atoms with Crippen LogP contribution in [0.25, 0.3) is 10.9 Å². The van der Waals surface area contributed by atoms with Crippen LogP contribution in [0.3, 0.4) is 0 Å². The Morgan fingerprint density at radius 3 is 2.81 bits per heavy atom. The van der Waals surface area contributed by atoms with Gasteiger partial charge in [0.2, 0.25) is 5.91 Å². The van der Waals surface area contributed by atoms with E-state index in [0.717, 1.165) is 11.8 Å². The number of benzene rings is 1. The summed E-state index contributed by atoms with van der Waals surface area (Å²) in [5.74, 6) is -0.347. The third kappa shape index (κ3) is 3.32. The number of fused-ring (bicyclic) bond motifs is 1. The van der Waals surface area contributed by atoms with E-state index in [1.165, 1.54) is 29.0 Å². The number of hydrogen-bond acceptors (Lipinski definition) is 4. The van der Waals surface area contributed by atoms with Crippen molar-refractivity contribution in [2.24, 2.45) is 0 Å². The average molecular weight is 361 g/mol. The molecule has 0 bridgehead atoms. The first-order chi connectivity index (χ1) is 12.4. The monoisotopic (exact) mass is 361 g/mol. The van der Waals surface area contributed by atoms with Crippen molar-refractivity contribution in [2.75, 3.05) is 7.05 Å². The lowest BCUT2D eigenvalue weighted by Crippen LogP contribution is -2.34. The van der Waals surface area contributed by atoms with E-state index in [1.54, 1.807) is 12.1 Å². The zero-order valence-electron chi connectivity index (χ0n) is 14.3. The van der Waals surface area contributed by atoms with E-state index in [2.05, 4.69) is 9.97 Å². The average Bonchev–Trinajstić information content (AvgIpc) is 3.06. The second-order valence-corrected chi connectivity index (χ2v) is 5.93. The van der Waals surface area contributed by atoms with Gasteiger partial charge in [0.05, 0.1) is 23.8 Å². The van der Waals surface area contributed by atoms with Crippen LogP contribution in [-0.2, 0) is 17.9 Å². The number of carbonyl (C=O) groups excluding carboxylic acids is 1. The lowest BCUT2D eigenvalue weighted by Gasteiger charge is -2.18. The molecule has 0 atom stereocenters. The molecule has 1 amide bonds. The van der Waals surface area contributed by atoms with Crippen molar-refractivity contribution in [3.8, 4) is 0 Å². The number of para-hydroxylation sites is 1. The summed E-state index contributed by atoms with van der Waals surface area (Å²) in [6.07, 6.45) is 3.72. The van der Waals surface area contributed by atoms with Gasteiger partial charge in [-0.2, -0.15) is 8.78 Å². The maximum absolute atomic E-state index is 12.9. The zero-order chi connectivity index (χ0) is 18.8. The number of aryl methyl sites for hydroxylation is 1. The second-order valence-electron chi connectivity index (χ2n) is 5.93. The molecule has 0 saturated carbocycles. The van der Waals surface area contributed by atoms with Gasteiger partial charge in [0.25, 0.3) is 5.56 Å². The predicted octanol–water partition coefficient (Wildman–Crippen LogP) is 1.96. The molecule has 0 aliphatic heterocycles.